The molecule has 6 nitrogen and oxygen atoms in total. The molecule has 0 aliphatic heterocycles. The molecule has 3 N–H and O–H groups in total. The topological polar surface area (TPSA) is 80.2 Å². The van der Waals surface area contributed by atoms with Crippen molar-refractivity contribution in [3.63, 3.8) is 0 Å². The summed E-state index contributed by atoms with van der Waals surface area (Å²) in [5, 5.41) is 12.1. The number of hydrogen-bond donors (Lipinski definition) is 2. The summed E-state index contributed by atoms with van der Waals surface area (Å²) in [5.74, 6) is 1.70. The van der Waals surface area contributed by atoms with E-state index >= 15 is 0 Å². The van der Waals surface area contributed by atoms with Crippen LogP contribution in [-0.4, -0.2) is 29.8 Å². The summed E-state index contributed by atoms with van der Waals surface area (Å²) in [6.07, 6.45) is 0. The molecule has 2 aromatic rings. The number of methoxy groups -OCH3 is 1. The molecule has 0 aliphatic rings. The number of nitrogens with two attached hydrogens (primary N) is 1. The van der Waals surface area contributed by atoms with E-state index in [4.69, 9.17) is 15.9 Å². The molecule has 0 bridgehead atoms. The molecule has 1 aromatic carbocycles. The van der Waals surface area contributed by atoms with Gasteiger partial charge in [0.15, 0.2) is 0 Å². The van der Waals surface area contributed by atoms with Crippen LogP contribution in [0.5, 0.6) is 5.75 Å². The third-order valence-electron chi connectivity index (χ3n) is 3.42. The van der Waals surface area contributed by atoms with Crippen molar-refractivity contribution in [1.82, 2.24) is 9.78 Å². The minimum Gasteiger partial charge on any atom is -0.496 e. The SMILES string of the molecule is COc1ccccc1CN(C)c1c(C(=N)N)c(C)nn1C. The number of aromatic nitrogens is 2. The van der Waals surface area contributed by atoms with Crippen LogP contribution in [0.15, 0.2) is 24.3 Å². The highest BCUT2D eigenvalue weighted by molar-refractivity contribution is 6.00. The van der Waals surface area contributed by atoms with Crippen molar-refractivity contribution in [3.8, 4) is 5.75 Å². The van der Waals surface area contributed by atoms with Crippen LogP contribution in [-0.2, 0) is 13.6 Å². The number of para-hydroxylation sites is 1. The van der Waals surface area contributed by atoms with E-state index in [2.05, 4.69) is 5.10 Å². The van der Waals surface area contributed by atoms with Gasteiger partial charge >= 0.3 is 0 Å². The standard InChI is InChI=1S/C15H21N5O/c1-10-13(14(16)17)15(20(3)18-10)19(2)9-11-7-5-6-8-12(11)21-4/h5-8H,9H2,1-4H3,(H3,16,17). The van der Waals surface area contributed by atoms with Gasteiger partial charge in [-0.3, -0.25) is 10.1 Å². The monoisotopic (exact) mass is 287 g/mol. The Morgan fingerprint density at radius 1 is 1.43 bits per heavy atom. The zero-order valence-corrected chi connectivity index (χ0v) is 12.8. The zero-order chi connectivity index (χ0) is 15.6. The van der Waals surface area contributed by atoms with Crippen molar-refractivity contribution in [2.24, 2.45) is 12.8 Å². The number of nitrogens with one attached hydrogen (secondary N) is 1. The summed E-state index contributed by atoms with van der Waals surface area (Å²) in [5.41, 5.74) is 8.19. The highest BCUT2D eigenvalue weighted by Crippen LogP contribution is 2.25. The third kappa shape index (κ3) is 2.84. The predicted molar refractivity (Wildman–Crippen MR) is 84.1 cm³/mol. The van der Waals surface area contributed by atoms with Crippen LogP contribution in [0.4, 0.5) is 5.82 Å². The number of amidine groups is 1. The molecule has 0 amide bonds. The lowest BCUT2D eigenvalue weighted by atomic mass is 10.1. The van der Waals surface area contributed by atoms with Crippen LogP contribution in [0.3, 0.4) is 0 Å². The van der Waals surface area contributed by atoms with Gasteiger partial charge in [0.25, 0.3) is 0 Å². The second-order valence-electron chi connectivity index (χ2n) is 4.99. The Labute approximate surface area is 124 Å². The summed E-state index contributed by atoms with van der Waals surface area (Å²) >= 11 is 0. The maximum Gasteiger partial charge on any atom is 0.137 e. The van der Waals surface area contributed by atoms with Crippen molar-refractivity contribution in [2.75, 3.05) is 19.1 Å². The lowest BCUT2D eigenvalue weighted by molar-refractivity contribution is 0.409. The van der Waals surface area contributed by atoms with Gasteiger partial charge in [-0.05, 0) is 13.0 Å². The third-order valence-corrected chi connectivity index (χ3v) is 3.42. The van der Waals surface area contributed by atoms with Gasteiger partial charge in [-0.1, -0.05) is 18.2 Å². The van der Waals surface area contributed by atoms with E-state index < -0.39 is 0 Å². The lowest BCUT2D eigenvalue weighted by Gasteiger charge is -2.22. The Morgan fingerprint density at radius 2 is 2.10 bits per heavy atom. The number of nitrogen functional groups attached to an aromatic ring is 1. The van der Waals surface area contributed by atoms with E-state index in [1.54, 1.807) is 11.8 Å². The Bertz CT molecular complexity index is 662. The Hall–Kier alpha value is -2.50. The van der Waals surface area contributed by atoms with Crippen LogP contribution in [0, 0.1) is 12.3 Å². The molecule has 0 atom stereocenters. The molecule has 0 unspecified atom stereocenters. The summed E-state index contributed by atoms with van der Waals surface area (Å²) < 4.78 is 7.13. The van der Waals surface area contributed by atoms with Crippen molar-refractivity contribution >= 4 is 11.7 Å². The summed E-state index contributed by atoms with van der Waals surface area (Å²) in [7, 11) is 5.47. The van der Waals surface area contributed by atoms with Gasteiger partial charge in [0.1, 0.15) is 17.4 Å². The van der Waals surface area contributed by atoms with Gasteiger partial charge < -0.3 is 15.4 Å². The van der Waals surface area contributed by atoms with E-state index in [0.717, 1.165) is 22.8 Å². The fraction of sp³-hybridized carbons (Fsp3) is 0.333. The molecule has 1 aromatic heterocycles. The minimum absolute atomic E-state index is 0.0301. The minimum atomic E-state index is 0.0301. The van der Waals surface area contributed by atoms with E-state index in [1.165, 1.54) is 0 Å². The number of ether oxygens (including phenoxy) is 1. The van der Waals surface area contributed by atoms with Crippen LogP contribution in [0.25, 0.3) is 0 Å². The van der Waals surface area contributed by atoms with E-state index in [1.807, 2.05) is 50.2 Å². The molecular formula is C15H21N5O. The van der Waals surface area contributed by atoms with Crippen LogP contribution in [0.1, 0.15) is 16.8 Å². The number of hydrogen-bond acceptors (Lipinski definition) is 4. The fourth-order valence-electron chi connectivity index (χ4n) is 2.56. The molecule has 6 heteroatoms. The molecule has 2 rings (SSSR count). The van der Waals surface area contributed by atoms with Crippen LogP contribution >= 0.6 is 0 Å². The van der Waals surface area contributed by atoms with Gasteiger partial charge in [-0.25, -0.2) is 0 Å². The first-order valence-corrected chi connectivity index (χ1v) is 6.66. The molecule has 112 valence electrons. The van der Waals surface area contributed by atoms with Gasteiger partial charge in [0, 0.05) is 26.2 Å². The predicted octanol–water partition coefficient (Wildman–Crippen LogP) is 1.66. The quantitative estimate of drug-likeness (QED) is 0.647. The van der Waals surface area contributed by atoms with Crippen molar-refractivity contribution in [3.05, 3.63) is 41.1 Å². The molecule has 0 saturated heterocycles. The normalized spacial score (nSPS) is 10.5. The molecule has 0 aliphatic carbocycles. The number of rotatable bonds is 5. The fourth-order valence-corrected chi connectivity index (χ4v) is 2.56. The van der Waals surface area contributed by atoms with Crippen molar-refractivity contribution in [1.29, 1.82) is 5.41 Å². The Morgan fingerprint density at radius 3 is 2.71 bits per heavy atom. The highest BCUT2D eigenvalue weighted by Gasteiger charge is 2.19. The van der Waals surface area contributed by atoms with Gasteiger partial charge in [-0.2, -0.15) is 5.10 Å². The first-order chi connectivity index (χ1) is 9.95. The molecule has 0 saturated carbocycles. The second kappa shape index (κ2) is 5.87. The van der Waals surface area contributed by atoms with Crippen molar-refractivity contribution < 1.29 is 4.74 Å². The van der Waals surface area contributed by atoms with Crippen LogP contribution in [0.2, 0.25) is 0 Å². The molecular weight excluding hydrogens is 266 g/mol. The smallest absolute Gasteiger partial charge is 0.137 e. The van der Waals surface area contributed by atoms with Gasteiger partial charge in [-0.15, -0.1) is 0 Å². The average molecular weight is 287 g/mol. The summed E-state index contributed by atoms with van der Waals surface area (Å²) in [6.45, 7) is 2.50. The average Bonchev–Trinajstić information content (AvgIpc) is 2.74. The largest absolute Gasteiger partial charge is 0.496 e. The molecule has 21 heavy (non-hydrogen) atoms. The zero-order valence-electron chi connectivity index (χ0n) is 12.8. The number of nitrogens with zero attached hydrogens (tertiary/aromatic N) is 3. The highest BCUT2D eigenvalue weighted by atomic mass is 16.5. The maximum atomic E-state index is 7.75. The molecule has 0 fully saturated rings. The summed E-state index contributed by atoms with van der Waals surface area (Å²) in [4.78, 5) is 2.02. The first kappa shape index (κ1) is 14.9. The number of anilines is 1. The van der Waals surface area contributed by atoms with E-state index in [0.29, 0.717) is 12.1 Å². The van der Waals surface area contributed by atoms with E-state index in [-0.39, 0.29) is 5.84 Å². The number of benzene rings is 1. The van der Waals surface area contributed by atoms with Crippen molar-refractivity contribution in [2.45, 2.75) is 13.5 Å². The molecule has 0 radical (unpaired) electrons. The Balaban J connectivity index is 2.37. The van der Waals surface area contributed by atoms with Crippen LogP contribution < -0.4 is 15.4 Å². The lowest BCUT2D eigenvalue weighted by Crippen LogP contribution is -2.24. The number of aryl methyl sites for hydroxylation is 2. The maximum absolute atomic E-state index is 7.75. The molecule has 0 spiro atoms. The van der Waals surface area contributed by atoms with E-state index in [9.17, 15) is 0 Å². The second-order valence-corrected chi connectivity index (χ2v) is 4.99. The first-order valence-electron chi connectivity index (χ1n) is 6.66. The molecule has 1 heterocycles. The Kier molecular flexibility index (Phi) is 4.16. The summed E-state index contributed by atoms with van der Waals surface area (Å²) in [6, 6.07) is 7.87. The van der Waals surface area contributed by atoms with Gasteiger partial charge in [0.2, 0.25) is 0 Å². The van der Waals surface area contributed by atoms with Gasteiger partial charge in [0.05, 0.1) is 18.4 Å².